The van der Waals surface area contributed by atoms with Crippen molar-refractivity contribution in [3.8, 4) is 0 Å². The van der Waals surface area contributed by atoms with Crippen molar-refractivity contribution < 1.29 is 13.2 Å². The molecule has 0 saturated carbocycles. The van der Waals surface area contributed by atoms with Crippen LogP contribution in [-0.4, -0.2) is 30.1 Å². The van der Waals surface area contributed by atoms with E-state index in [-0.39, 0.29) is 23.7 Å². The molecule has 0 fully saturated rings. The van der Waals surface area contributed by atoms with E-state index in [0.717, 1.165) is 16.9 Å². The molecule has 1 heterocycles. The van der Waals surface area contributed by atoms with E-state index in [0.29, 0.717) is 11.1 Å². The number of aromatic nitrogens is 2. The molecule has 1 aromatic heterocycles. The van der Waals surface area contributed by atoms with E-state index in [9.17, 15) is 13.2 Å². The Morgan fingerprint density at radius 2 is 1.71 bits per heavy atom. The predicted molar refractivity (Wildman–Crippen MR) is 111 cm³/mol. The zero-order valence-electron chi connectivity index (χ0n) is 16.5. The number of benzene rings is 2. The van der Waals surface area contributed by atoms with Gasteiger partial charge in [0, 0.05) is 17.9 Å². The number of hydrogen-bond donors (Lipinski definition) is 1. The van der Waals surface area contributed by atoms with Gasteiger partial charge in [-0.05, 0) is 50.6 Å². The lowest BCUT2D eigenvalue weighted by molar-refractivity contribution is 0.0937. The average Bonchev–Trinajstić information content (AvgIpc) is 3.00. The smallest absolute Gasteiger partial charge is 0.251 e. The van der Waals surface area contributed by atoms with Crippen molar-refractivity contribution >= 4 is 26.8 Å². The monoisotopic (exact) mass is 399 g/mol. The third-order valence-corrected chi connectivity index (χ3v) is 5.38. The molecule has 28 heavy (non-hydrogen) atoms. The minimum Gasteiger partial charge on any atom is -0.342 e. The van der Waals surface area contributed by atoms with Crippen molar-refractivity contribution in [2.24, 2.45) is 0 Å². The Labute approximate surface area is 165 Å². The van der Waals surface area contributed by atoms with Crippen LogP contribution in [0.1, 0.15) is 54.6 Å². The Hall–Kier alpha value is -2.67. The number of nitrogens with zero attached hydrogens (tertiary/aromatic N) is 2. The summed E-state index contributed by atoms with van der Waals surface area (Å²) in [7, 11) is -3.10. The highest BCUT2D eigenvalue weighted by Gasteiger charge is 2.20. The molecule has 0 spiro atoms. The fraction of sp³-hybridized carbons (Fsp3) is 0.333. The summed E-state index contributed by atoms with van der Waals surface area (Å²) in [5, 5.41) is 3.00. The minimum absolute atomic E-state index is 0.0380. The zero-order valence-corrected chi connectivity index (χ0v) is 17.3. The van der Waals surface area contributed by atoms with Crippen molar-refractivity contribution in [2.75, 3.05) is 6.26 Å². The van der Waals surface area contributed by atoms with Gasteiger partial charge in [-0.1, -0.05) is 24.3 Å². The van der Waals surface area contributed by atoms with Gasteiger partial charge in [-0.15, -0.1) is 0 Å². The van der Waals surface area contributed by atoms with Crippen LogP contribution in [0.4, 0.5) is 0 Å². The van der Waals surface area contributed by atoms with Crippen LogP contribution in [0.3, 0.4) is 0 Å². The Kier molecular flexibility index (Phi) is 5.56. The normalized spacial score (nSPS) is 13.0. The Balaban J connectivity index is 1.81. The molecule has 0 saturated heterocycles. The second-order valence-electron chi connectivity index (χ2n) is 7.38. The molecule has 0 aliphatic carbocycles. The quantitative estimate of drug-likeness (QED) is 0.686. The maximum absolute atomic E-state index is 12.7. The average molecular weight is 400 g/mol. The molecule has 1 N–H and O–H groups in total. The van der Waals surface area contributed by atoms with Crippen molar-refractivity contribution in [2.45, 2.75) is 38.6 Å². The Bertz CT molecular complexity index is 1100. The second kappa shape index (κ2) is 7.75. The third kappa shape index (κ3) is 4.42. The molecule has 1 atom stereocenters. The number of hydrogen-bond acceptors (Lipinski definition) is 4. The number of amides is 1. The first-order chi connectivity index (χ1) is 13.2. The summed E-state index contributed by atoms with van der Waals surface area (Å²) in [5.41, 5.74) is 3.08. The highest BCUT2D eigenvalue weighted by Crippen LogP contribution is 2.25. The number of imidazole rings is 1. The van der Waals surface area contributed by atoms with Gasteiger partial charge in [-0.2, -0.15) is 0 Å². The molecule has 1 unspecified atom stereocenters. The molecule has 7 heteroatoms. The van der Waals surface area contributed by atoms with E-state index < -0.39 is 9.84 Å². The lowest BCUT2D eigenvalue weighted by Gasteiger charge is -2.19. The molecule has 6 nitrogen and oxygen atoms in total. The van der Waals surface area contributed by atoms with Crippen LogP contribution in [0.2, 0.25) is 0 Å². The van der Waals surface area contributed by atoms with Crippen LogP contribution in [0, 0.1) is 0 Å². The van der Waals surface area contributed by atoms with E-state index in [1.165, 1.54) is 6.26 Å². The van der Waals surface area contributed by atoms with Gasteiger partial charge in [0.05, 0.1) is 22.8 Å². The lowest BCUT2D eigenvalue weighted by Crippen LogP contribution is -2.29. The Morgan fingerprint density at radius 1 is 1.07 bits per heavy atom. The lowest BCUT2D eigenvalue weighted by atomic mass is 10.1. The van der Waals surface area contributed by atoms with E-state index in [2.05, 4.69) is 23.7 Å². The number of fused-ring (bicyclic) bond motifs is 1. The highest BCUT2D eigenvalue weighted by atomic mass is 32.2. The van der Waals surface area contributed by atoms with Crippen molar-refractivity contribution in [3.63, 3.8) is 0 Å². The number of nitrogens with one attached hydrogen (secondary N) is 1. The Morgan fingerprint density at radius 3 is 2.32 bits per heavy atom. The van der Waals surface area contributed by atoms with Crippen LogP contribution < -0.4 is 5.32 Å². The fourth-order valence-electron chi connectivity index (χ4n) is 3.31. The third-order valence-electron chi connectivity index (χ3n) is 4.52. The number of carbonyl (C=O) groups is 1. The van der Waals surface area contributed by atoms with E-state index >= 15 is 0 Å². The van der Waals surface area contributed by atoms with E-state index in [1.807, 2.05) is 31.2 Å². The summed E-state index contributed by atoms with van der Waals surface area (Å²) in [6.45, 7) is 6.09. The summed E-state index contributed by atoms with van der Waals surface area (Å²) in [4.78, 5) is 17.4. The highest BCUT2D eigenvalue weighted by molar-refractivity contribution is 7.89. The molecule has 0 bridgehead atoms. The van der Waals surface area contributed by atoms with Gasteiger partial charge in [-0.3, -0.25) is 4.79 Å². The summed E-state index contributed by atoms with van der Waals surface area (Å²) in [5.74, 6) is 0.544. The zero-order chi connectivity index (χ0) is 20.5. The molecule has 0 radical (unpaired) electrons. The van der Waals surface area contributed by atoms with Gasteiger partial charge in [0.25, 0.3) is 5.91 Å². The van der Waals surface area contributed by atoms with E-state index in [4.69, 9.17) is 4.98 Å². The molecule has 3 aromatic rings. The predicted octanol–water partition coefficient (Wildman–Crippen LogP) is 3.65. The molecule has 148 valence electrons. The molecular formula is C21H25N3O3S. The number of sulfone groups is 1. The van der Waals surface area contributed by atoms with Crippen molar-refractivity contribution in [1.29, 1.82) is 0 Å². The maximum Gasteiger partial charge on any atom is 0.251 e. The standard InChI is InChI=1S/C21H25N3O3S/c1-14(2)24-19-8-6-5-7-18(19)23-20(24)15(3)22-21(25)17-11-9-16(10-12-17)13-28(4,26)27/h5-12,14-15H,13H2,1-4H3,(H,22,25). The van der Waals surface area contributed by atoms with Crippen molar-refractivity contribution in [1.82, 2.24) is 14.9 Å². The molecule has 0 aliphatic rings. The van der Waals surface area contributed by atoms with E-state index in [1.54, 1.807) is 24.3 Å². The van der Waals surface area contributed by atoms with Crippen molar-refractivity contribution in [3.05, 3.63) is 65.5 Å². The largest absolute Gasteiger partial charge is 0.342 e. The van der Waals surface area contributed by atoms with Gasteiger partial charge >= 0.3 is 0 Å². The van der Waals surface area contributed by atoms with Gasteiger partial charge in [0.15, 0.2) is 9.84 Å². The van der Waals surface area contributed by atoms with Crippen LogP contribution in [0.15, 0.2) is 48.5 Å². The first kappa shape index (κ1) is 20.1. The fourth-order valence-corrected chi connectivity index (χ4v) is 4.11. The topological polar surface area (TPSA) is 81.1 Å². The molecule has 2 aromatic carbocycles. The van der Waals surface area contributed by atoms with Crippen LogP contribution in [0.5, 0.6) is 0 Å². The molecular weight excluding hydrogens is 374 g/mol. The SMILES string of the molecule is CC(NC(=O)c1ccc(CS(C)(=O)=O)cc1)c1nc2ccccc2n1C(C)C. The maximum atomic E-state index is 12.7. The first-order valence-corrected chi connectivity index (χ1v) is 11.3. The summed E-state index contributed by atoms with van der Waals surface area (Å²) in [6, 6.07) is 14.5. The number of para-hydroxylation sites is 2. The summed E-state index contributed by atoms with van der Waals surface area (Å²) >= 11 is 0. The first-order valence-electron chi connectivity index (χ1n) is 9.20. The molecule has 3 rings (SSSR count). The van der Waals surface area contributed by atoms with Crippen LogP contribution in [-0.2, 0) is 15.6 Å². The van der Waals surface area contributed by atoms with Gasteiger partial charge in [0.2, 0.25) is 0 Å². The summed E-state index contributed by atoms with van der Waals surface area (Å²) in [6.07, 6.45) is 1.19. The minimum atomic E-state index is -3.10. The van der Waals surface area contributed by atoms with Crippen LogP contribution in [0.25, 0.3) is 11.0 Å². The van der Waals surface area contributed by atoms with Gasteiger partial charge in [-0.25, -0.2) is 13.4 Å². The second-order valence-corrected chi connectivity index (χ2v) is 9.52. The molecule has 0 aliphatic heterocycles. The van der Waals surface area contributed by atoms with Crippen LogP contribution >= 0.6 is 0 Å². The number of carbonyl (C=O) groups excluding carboxylic acids is 1. The molecule has 1 amide bonds. The van der Waals surface area contributed by atoms with Gasteiger partial charge in [0.1, 0.15) is 5.82 Å². The van der Waals surface area contributed by atoms with Gasteiger partial charge < -0.3 is 9.88 Å². The number of rotatable bonds is 6. The summed E-state index contributed by atoms with van der Waals surface area (Å²) < 4.78 is 24.9.